The topological polar surface area (TPSA) is 63.6 Å². The Kier molecular flexibility index (Phi) is 2.31. The van der Waals surface area contributed by atoms with E-state index in [4.69, 9.17) is 0 Å². The Morgan fingerprint density at radius 1 is 1.14 bits per heavy atom. The van der Waals surface area contributed by atoms with Crippen LogP contribution in [-0.2, 0) is 0 Å². The van der Waals surface area contributed by atoms with Crippen molar-refractivity contribution in [3.05, 3.63) is 36.4 Å². The van der Waals surface area contributed by atoms with E-state index in [-0.39, 0.29) is 0 Å². The lowest BCUT2D eigenvalue weighted by Crippen LogP contribution is -1.98. The zero-order chi connectivity index (χ0) is 9.80. The van der Waals surface area contributed by atoms with Gasteiger partial charge in [0.1, 0.15) is 11.6 Å². The minimum Gasteiger partial charge on any atom is -0.323 e. The summed E-state index contributed by atoms with van der Waals surface area (Å²) in [6.07, 6.45) is 3.32. The van der Waals surface area contributed by atoms with E-state index in [0.717, 1.165) is 11.6 Å². The third-order valence-electron chi connectivity index (χ3n) is 1.60. The molecule has 0 aliphatic rings. The van der Waals surface area contributed by atoms with E-state index in [1.807, 2.05) is 19.1 Å². The van der Waals surface area contributed by atoms with Crippen LogP contribution in [0.25, 0.3) is 0 Å². The van der Waals surface area contributed by atoms with Gasteiger partial charge >= 0.3 is 0 Å². The van der Waals surface area contributed by atoms with Gasteiger partial charge in [0.25, 0.3) is 0 Å². The van der Waals surface area contributed by atoms with Crippen molar-refractivity contribution in [3.63, 3.8) is 0 Å². The lowest BCUT2D eigenvalue weighted by atomic mass is 10.5. The monoisotopic (exact) mass is 187 g/mol. The first kappa shape index (κ1) is 8.55. The largest absolute Gasteiger partial charge is 0.323 e. The second-order valence-electron chi connectivity index (χ2n) is 2.72. The molecular weight excluding hydrogens is 178 g/mol. The molecule has 0 amide bonds. The molecule has 2 aromatic rings. The number of rotatable bonds is 2. The summed E-state index contributed by atoms with van der Waals surface area (Å²) in [7, 11) is 0. The van der Waals surface area contributed by atoms with Crippen LogP contribution in [-0.4, -0.2) is 20.2 Å². The molecule has 2 heterocycles. The van der Waals surface area contributed by atoms with Crippen LogP contribution in [0.15, 0.2) is 30.6 Å². The SMILES string of the molecule is Cc1nccc(Nc2cccnn2)n1. The molecule has 0 fully saturated rings. The third-order valence-corrected chi connectivity index (χ3v) is 1.60. The molecule has 0 bridgehead atoms. The number of hydrogen-bond acceptors (Lipinski definition) is 5. The summed E-state index contributed by atoms with van der Waals surface area (Å²) in [5.74, 6) is 2.11. The van der Waals surface area contributed by atoms with Crippen LogP contribution < -0.4 is 5.32 Å². The Labute approximate surface area is 81.3 Å². The van der Waals surface area contributed by atoms with Gasteiger partial charge in [-0.1, -0.05) is 0 Å². The predicted octanol–water partition coefficient (Wildman–Crippen LogP) is 1.32. The van der Waals surface area contributed by atoms with Crippen LogP contribution in [0, 0.1) is 6.92 Å². The summed E-state index contributed by atoms with van der Waals surface area (Å²) in [6.45, 7) is 1.84. The number of nitrogens with one attached hydrogen (secondary N) is 1. The molecule has 0 aromatic carbocycles. The Morgan fingerprint density at radius 2 is 2.07 bits per heavy atom. The Hall–Kier alpha value is -2.04. The van der Waals surface area contributed by atoms with Crippen molar-refractivity contribution in [2.24, 2.45) is 0 Å². The molecule has 2 aromatic heterocycles. The molecule has 70 valence electrons. The Morgan fingerprint density at radius 3 is 2.79 bits per heavy atom. The molecule has 0 aliphatic heterocycles. The molecule has 5 nitrogen and oxygen atoms in total. The molecule has 0 radical (unpaired) electrons. The number of anilines is 2. The molecule has 0 unspecified atom stereocenters. The van der Waals surface area contributed by atoms with Gasteiger partial charge in [0.2, 0.25) is 0 Å². The maximum absolute atomic E-state index is 4.18. The molecule has 1 N–H and O–H groups in total. The summed E-state index contributed by atoms with van der Waals surface area (Å²) in [5.41, 5.74) is 0. The van der Waals surface area contributed by atoms with E-state index in [1.165, 1.54) is 0 Å². The highest BCUT2D eigenvalue weighted by molar-refractivity contribution is 5.49. The second-order valence-corrected chi connectivity index (χ2v) is 2.72. The molecule has 5 heteroatoms. The van der Waals surface area contributed by atoms with Crippen molar-refractivity contribution in [2.75, 3.05) is 5.32 Å². The maximum atomic E-state index is 4.18. The van der Waals surface area contributed by atoms with Gasteiger partial charge in [-0.3, -0.25) is 0 Å². The van der Waals surface area contributed by atoms with Crippen molar-refractivity contribution < 1.29 is 0 Å². The van der Waals surface area contributed by atoms with E-state index < -0.39 is 0 Å². The van der Waals surface area contributed by atoms with Crippen molar-refractivity contribution in [1.29, 1.82) is 0 Å². The van der Waals surface area contributed by atoms with Crippen molar-refractivity contribution in [1.82, 2.24) is 20.2 Å². The lowest BCUT2D eigenvalue weighted by molar-refractivity contribution is 1.02. The molecule has 0 aliphatic carbocycles. The number of aromatic nitrogens is 4. The molecule has 2 rings (SSSR count). The summed E-state index contributed by atoms with van der Waals surface area (Å²) in [6, 6.07) is 5.41. The molecular formula is C9H9N5. The zero-order valence-corrected chi connectivity index (χ0v) is 7.68. The fraction of sp³-hybridized carbons (Fsp3) is 0.111. The predicted molar refractivity (Wildman–Crippen MR) is 52.1 cm³/mol. The van der Waals surface area contributed by atoms with Crippen molar-refractivity contribution >= 4 is 11.6 Å². The first-order chi connectivity index (χ1) is 6.84. The average molecular weight is 187 g/mol. The summed E-state index contributed by atoms with van der Waals surface area (Å²) < 4.78 is 0. The van der Waals surface area contributed by atoms with Gasteiger partial charge in [0.15, 0.2) is 5.82 Å². The van der Waals surface area contributed by atoms with Crippen molar-refractivity contribution in [3.8, 4) is 0 Å². The highest BCUT2D eigenvalue weighted by Crippen LogP contribution is 2.08. The van der Waals surface area contributed by atoms with Crippen LogP contribution in [0.3, 0.4) is 0 Å². The van der Waals surface area contributed by atoms with E-state index >= 15 is 0 Å². The average Bonchev–Trinajstić information content (AvgIpc) is 2.19. The Balaban J connectivity index is 2.19. The van der Waals surface area contributed by atoms with Gasteiger partial charge in [0.05, 0.1) is 0 Å². The van der Waals surface area contributed by atoms with Gasteiger partial charge in [-0.2, -0.15) is 5.10 Å². The minimum atomic E-state index is 0.672. The molecule has 14 heavy (non-hydrogen) atoms. The summed E-state index contributed by atoms with van der Waals surface area (Å²) >= 11 is 0. The number of hydrogen-bond donors (Lipinski definition) is 1. The number of aryl methyl sites for hydroxylation is 1. The van der Waals surface area contributed by atoms with Crippen LogP contribution in [0.1, 0.15) is 5.82 Å². The smallest absolute Gasteiger partial charge is 0.154 e. The van der Waals surface area contributed by atoms with Crippen LogP contribution in [0.4, 0.5) is 11.6 Å². The fourth-order valence-electron chi connectivity index (χ4n) is 1.03. The first-order valence-corrected chi connectivity index (χ1v) is 4.19. The quantitative estimate of drug-likeness (QED) is 0.768. The van der Waals surface area contributed by atoms with E-state index in [0.29, 0.717) is 5.82 Å². The van der Waals surface area contributed by atoms with Crippen LogP contribution in [0.5, 0.6) is 0 Å². The second kappa shape index (κ2) is 3.78. The summed E-state index contributed by atoms with van der Waals surface area (Å²) in [4.78, 5) is 8.17. The highest BCUT2D eigenvalue weighted by atomic mass is 15.2. The van der Waals surface area contributed by atoms with E-state index in [2.05, 4.69) is 25.5 Å². The molecule has 0 atom stereocenters. The number of nitrogens with zero attached hydrogens (tertiary/aromatic N) is 4. The summed E-state index contributed by atoms with van der Waals surface area (Å²) in [5, 5.41) is 10.6. The zero-order valence-electron chi connectivity index (χ0n) is 7.68. The van der Waals surface area contributed by atoms with E-state index in [9.17, 15) is 0 Å². The Bertz CT molecular complexity index is 415. The lowest BCUT2D eigenvalue weighted by Gasteiger charge is -2.02. The third kappa shape index (κ3) is 2.01. The van der Waals surface area contributed by atoms with Gasteiger partial charge in [-0.15, -0.1) is 5.10 Å². The normalized spacial score (nSPS) is 9.79. The molecule has 0 saturated heterocycles. The van der Waals surface area contributed by atoms with Gasteiger partial charge in [-0.25, -0.2) is 9.97 Å². The van der Waals surface area contributed by atoms with Gasteiger partial charge < -0.3 is 5.32 Å². The van der Waals surface area contributed by atoms with Gasteiger partial charge in [0, 0.05) is 12.4 Å². The fourth-order valence-corrected chi connectivity index (χ4v) is 1.03. The van der Waals surface area contributed by atoms with Crippen LogP contribution >= 0.6 is 0 Å². The highest BCUT2D eigenvalue weighted by Gasteiger charge is 1.96. The minimum absolute atomic E-state index is 0.672. The van der Waals surface area contributed by atoms with Crippen LogP contribution in [0.2, 0.25) is 0 Å². The van der Waals surface area contributed by atoms with Crippen molar-refractivity contribution in [2.45, 2.75) is 6.92 Å². The molecule has 0 saturated carbocycles. The van der Waals surface area contributed by atoms with Gasteiger partial charge in [-0.05, 0) is 25.1 Å². The maximum Gasteiger partial charge on any atom is 0.154 e. The standard InChI is InChI=1S/C9H9N5/c1-7-10-6-4-8(12-7)13-9-3-2-5-11-14-9/h2-6H,1H3,(H,10,12,13,14). The molecule has 0 spiro atoms. The first-order valence-electron chi connectivity index (χ1n) is 4.19. The van der Waals surface area contributed by atoms with E-state index in [1.54, 1.807) is 18.5 Å².